The molecule has 2 heterocycles. The van der Waals surface area contributed by atoms with E-state index in [1.54, 1.807) is 11.3 Å². The van der Waals surface area contributed by atoms with Crippen LogP contribution in [0, 0.1) is 0 Å². The molecule has 0 fully saturated rings. The molecule has 17 heavy (non-hydrogen) atoms. The van der Waals surface area contributed by atoms with Crippen molar-refractivity contribution >= 4 is 33.8 Å². The van der Waals surface area contributed by atoms with Crippen LogP contribution in [0.15, 0.2) is 35.8 Å². The fourth-order valence-electron chi connectivity index (χ4n) is 2.04. The highest BCUT2D eigenvalue weighted by molar-refractivity contribution is 7.10. The summed E-state index contributed by atoms with van der Waals surface area (Å²) < 4.78 is 2.13. The summed E-state index contributed by atoms with van der Waals surface area (Å²) in [5.41, 5.74) is 3.42. The van der Waals surface area contributed by atoms with Gasteiger partial charge in [-0.25, -0.2) is 4.98 Å². The van der Waals surface area contributed by atoms with E-state index in [4.69, 9.17) is 11.6 Å². The smallest absolute Gasteiger partial charge is 0.108 e. The summed E-state index contributed by atoms with van der Waals surface area (Å²) in [6.07, 6.45) is 2.12. The first kappa shape index (κ1) is 10.8. The van der Waals surface area contributed by atoms with Gasteiger partial charge in [0.15, 0.2) is 0 Å². The predicted octanol–water partition coefficient (Wildman–Crippen LogP) is 4.04. The van der Waals surface area contributed by atoms with Crippen molar-refractivity contribution in [3.05, 3.63) is 40.8 Å². The standard InChI is InChI=1S/C13H11ClN2S/c1-16-7-10(9-4-2-3-5-12(9)16)11-8-17-13(6-14)15-11/h2-5,7-8H,6H2,1H3. The number of alkyl halides is 1. The number of fused-ring (bicyclic) bond motifs is 1. The molecule has 0 N–H and O–H groups in total. The molecule has 86 valence electrons. The van der Waals surface area contributed by atoms with Crippen LogP contribution in [-0.2, 0) is 12.9 Å². The van der Waals surface area contributed by atoms with E-state index in [9.17, 15) is 0 Å². The number of rotatable bonds is 2. The second-order valence-corrected chi connectivity index (χ2v) is 5.14. The molecule has 0 aliphatic carbocycles. The summed E-state index contributed by atoms with van der Waals surface area (Å²) in [5, 5.41) is 4.27. The first-order valence-corrected chi connectivity index (χ1v) is 6.76. The first-order valence-electron chi connectivity index (χ1n) is 5.34. The van der Waals surface area contributed by atoms with E-state index in [2.05, 4.69) is 52.4 Å². The lowest BCUT2D eigenvalue weighted by Gasteiger charge is -1.94. The average Bonchev–Trinajstić information content (AvgIpc) is 2.95. The number of aryl methyl sites for hydroxylation is 1. The molecular formula is C13H11ClN2S. The number of nitrogens with zero attached hydrogens (tertiary/aromatic N) is 2. The van der Waals surface area contributed by atoms with Crippen molar-refractivity contribution < 1.29 is 0 Å². The Kier molecular flexibility index (Phi) is 2.65. The number of hydrogen-bond donors (Lipinski definition) is 0. The van der Waals surface area contributed by atoms with Gasteiger partial charge in [0.1, 0.15) is 5.01 Å². The van der Waals surface area contributed by atoms with Crippen LogP contribution in [0.25, 0.3) is 22.2 Å². The van der Waals surface area contributed by atoms with Crippen molar-refractivity contribution in [2.24, 2.45) is 7.05 Å². The topological polar surface area (TPSA) is 17.8 Å². The number of benzene rings is 1. The van der Waals surface area contributed by atoms with E-state index in [0.717, 1.165) is 10.7 Å². The minimum Gasteiger partial charge on any atom is -0.350 e. The van der Waals surface area contributed by atoms with Crippen molar-refractivity contribution in [2.45, 2.75) is 5.88 Å². The molecule has 3 aromatic rings. The van der Waals surface area contributed by atoms with Crippen LogP contribution in [0.2, 0.25) is 0 Å². The van der Waals surface area contributed by atoms with E-state index in [0.29, 0.717) is 5.88 Å². The number of aromatic nitrogens is 2. The highest BCUT2D eigenvalue weighted by Crippen LogP contribution is 2.31. The van der Waals surface area contributed by atoms with Crippen LogP contribution in [0.4, 0.5) is 0 Å². The maximum Gasteiger partial charge on any atom is 0.108 e. The van der Waals surface area contributed by atoms with Gasteiger partial charge in [0, 0.05) is 35.1 Å². The summed E-state index contributed by atoms with van der Waals surface area (Å²) in [5.74, 6) is 0.482. The third kappa shape index (κ3) is 1.75. The van der Waals surface area contributed by atoms with E-state index in [-0.39, 0.29) is 0 Å². The van der Waals surface area contributed by atoms with Gasteiger partial charge in [-0.15, -0.1) is 22.9 Å². The molecule has 0 bridgehead atoms. The Hall–Kier alpha value is -1.32. The van der Waals surface area contributed by atoms with Gasteiger partial charge in [-0.1, -0.05) is 18.2 Å². The molecule has 0 atom stereocenters. The van der Waals surface area contributed by atoms with Gasteiger partial charge in [-0.3, -0.25) is 0 Å². The van der Waals surface area contributed by atoms with Crippen LogP contribution < -0.4 is 0 Å². The minimum atomic E-state index is 0.482. The zero-order chi connectivity index (χ0) is 11.8. The predicted molar refractivity (Wildman–Crippen MR) is 73.6 cm³/mol. The molecular weight excluding hydrogens is 252 g/mol. The SMILES string of the molecule is Cn1cc(-c2csc(CCl)n2)c2ccccc21. The third-order valence-corrected chi connectivity index (χ3v) is 4.10. The largest absolute Gasteiger partial charge is 0.350 e. The van der Waals surface area contributed by atoms with Crippen molar-refractivity contribution in [1.29, 1.82) is 0 Å². The Balaban J connectivity index is 2.23. The molecule has 0 saturated heterocycles. The van der Waals surface area contributed by atoms with Gasteiger partial charge in [0.05, 0.1) is 11.6 Å². The lowest BCUT2D eigenvalue weighted by Crippen LogP contribution is -1.81. The molecule has 2 nitrogen and oxygen atoms in total. The molecule has 1 aromatic carbocycles. The molecule has 0 saturated carbocycles. The average molecular weight is 263 g/mol. The van der Waals surface area contributed by atoms with Gasteiger partial charge in [0.25, 0.3) is 0 Å². The highest BCUT2D eigenvalue weighted by atomic mass is 35.5. The second-order valence-electron chi connectivity index (χ2n) is 3.93. The van der Waals surface area contributed by atoms with Gasteiger partial charge < -0.3 is 4.57 Å². The van der Waals surface area contributed by atoms with Gasteiger partial charge in [-0.2, -0.15) is 0 Å². The minimum absolute atomic E-state index is 0.482. The molecule has 0 aliphatic rings. The summed E-state index contributed by atoms with van der Waals surface area (Å²) in [4.78, 5) is 4.54. The molecule has 0 aliphatic heterocycles. The van der Waals surface area contributed by atoms with Crippen molar-refractivity contribution in [1.82, 2.24) is 9.55 Å². The third-order valence-electron chi connectivity index (χ3n) is 2.84. The Morgan fingerprint density at radius 3 is 2.94 bits per heavy atom. The van der Waals surface area contributed by atoms with E-state index < -0.39 is 0 Å². The summed E-state index contributed by atoms with van der Waals surface area (Å²) in [7, 11) is 2.06. The Bertz CT molecular complexity index is 669. The number of thiazole rings is 1. The van der Waals surface area contributed by atoms with E-state index in [1.807, 2.05) is 0 Å². The summed E-state index contributed by atoms with van der Waals surface area (Å²) >= 11 is 7.40. The number of para-hydroxylation sites is 1. The van der Waals surface area contributed by atoms with Gasteiger partial charge >= 0.3 is 0 Å². The number of halogens is 1. The maximum atomic E-state index is 5.79. The quantitative estimate of drug-likeness (QED) is 0.638. The van der Waals surface area contributed by atoms with E-state index in [1.165, 1.54) is 16.5 Å². The maximum absolute atomic E-state index is 5.79. The molecule has 0 amide bonds. The Labute approximate surface area is 108 Å². The molecule has 0 radical (unpaired) electrons. The zero-order valence-corrected chi connectivity index (χ0v) is 10.9. The van der Waals surface area contributed by atoms with Crippen LogP contribution >= 0.6 is 22.9 Å². The molecule has 0 spiro atoms. The Morgan fingerprint density at radius 1 is 1.35 bits per heavy atom. The fourth-order valence-corrected chi connectivity index (χ4v) is 2.93. The van der Waals surface area contributed by atoms with Gasteiger partial charge in [0.2, 0.25) is 0 Å². The van der Waals surface area contributed by atoms with Crippen LogP contribution in [0.3, 0.4) is 0 Å². The van der Waals surface area contributed by atoms with Crippen LogP contribution in [0.5, 0.6) is 0 Å². The van der Waals surface area contributed by atoms with Crippen molar-refractivity contribution in [3.63, 3.8) is 0 Å². The van der Waals surface area contributed by atoms with E-state index >= 15 is 0 Å². The fraction of sp³-hybridized carbons (Fsp3) is 0.154. The second kappa shape index (κ2) is 4.17. The van der Waals surface area contributed by atoms with Gasteiger partial charge in [-0.05, 0) is 6.07 Å². The lowest BCUT2D eigenvalue weighted by molar-refractivity contribution is 0.969. The first-order chi connectivity index (χ1) is 8.29. The van der Waals surface area contributed by atoms with Crippen molar-refractivity contribution in [2.75, 3.05) is 0 Å². The van der Waals surface area contributed by atoms with Crippen LogP contribution in [-0.4, -0.2) is 9.55 Å². The van der Waals surface area contributed by atoms with Crippen LogP contribution in [0.1, 0.15) is 5.01 Å². The Morgan fingerprint density at radius 2 is 2.18 bits per heavy atom. The van der Waals surface area contributed by atoms with Crippen molar-refractivity contribution in [3.8, 4) is 11.3 Å². The normalized spacial score (nSPS) is 11.2. The zero-order valence-electron chi connectivity index (χ0n) is 9.35. The monoisotopic (exact) mass is 262 g/mol. The number of hydrogen-bond acceptors (Lipinski definition) is 2. The molecule has 4 heteroatoms. The lowest BCUT2D eigenvalue weighted by atomic mass is 10.1. The summed E-state index contributed by atoms with van der Waals surface area (Å²) in [6, 6.07) is 8.36. The molecule has 0 unspecified atom stereocenters. The summed E-state index contributed by atoms with van der Waals surface area (Å²) in [6.45, 7) is 0. The highest BCUT2D eigenvalue weighted by Gasteiger charge is 2.10. The molecule has 3 rings (SSSR count). The molecule has 2 aromatic heterocycles.